The van der Waals surface area contributed by atoms with Gasteiger partial charge in [-0.1, -0.05) is 0 Å². The SMILES string of the molecule is COc1ccc(O[N+](=O)Oc2ccc(OC)nc2)cn1. The van der Waals surface area contributed by atoms with E-state index in [1.54, 1.807) is 12.1 Å². The largest absolute Gasteiger partial charge is 0.489 e. The monoisotopic (exact) mass is 278 g/mol. The maximum atomic E-state index is 11.4. The molecule has 20 heavy (non-hydrogen) atoms. The molecule has 2 aromatic rings. The second kappa shape index (κ2) is 6.32. The summed E-state index contributed by atoms with van der Waals surface area (Å²) in [6.45, 7) is 0. The molecule has 0 N–H and O–H groups in total. The van der Waals surface area contributed by atoms with Crippen molar-refractivity contribution in [2.75, 3.05) is 14.2 Å². The van der Waals surface area contributed by atoms with Crippen molar-refractivity contribution in [2.45, 2.75) is 0 Å². The van der Waals surface area contributed by atoms with Gasteiger partial charge in [0.15, 0.2) is 0 Å². The second-order valence-electron chi connectivity index (χ2n) is 3.48. The van der Waals surface area contributed by atoms with E-state index >= 15 is 0 Å². The van der Waals surface area contributed by atoms with Crippen molar-refractivity contribution >= 4 is 0 Å². The molecular weight excluding hydrogens is 266 g/mol. The molecule has 0 aromatic carbocycles. The van der Waals surface area contributed by atoms with Gasteiger partial charge >= 0.3 is 5.09 Å². The van der Waals surface area contributed by atoms with Gasteiger partial charge in [0.2, 0.25) is 23.3 Å². The summed E-state index contributed by atoms with van der Waals surface area (Å²) in [5.41, 5.74) is 0. The third-order valence-electron chi connectivity index (χ3n) is 2.20. The van der Waals surface area contributed by atoms with E-state index in [1.165, 1.54) is 38.7 Å². The lowest BCUT2D eigenvalue weighted by Gasteiger charge is -1.98. The number of ether oxygens (including phenoxy) is 2. The molecule has 0 spiro atoms. The Morgan fingerprint density at radius 2 is 1.30 bits per heavy atom. The van der Waals surface area contributed by atoms with Crippen LogP contribution < -0.4 is 19.1 Å². The van der Waals surface area contributed by atoms with E-state index in [0.717, 1.165) is 0 Å². The van der Waals surface area contributed by atoms with Gasteiger partial charge in [-0.25, -0.2) is 9.97 Å². The highest BCUT2D eigenvalue weighted by atomic mass is 17.0. The van der Waals surface area contributed by atoms with Gasteiger partial charge in [0, 0.05) is 12.1 Å². The van der Waals surface area contributed by atoms with Gasteiger partial charge in [-0.05, 0) is 12.1 Å². The minimum atomic E-state index is -0.0486. The van der Waals surface area contributed by atoms with Crippen LogP contribution in [0.1, 0.15) is 0 Å². The second-order valence-corrected chi connectivity index (χ2v) is 3.48. The Morgan fingerprint density at radius 3 is 1.60 bits per heavy atom. The summed E-state index contributed by atoms with van der Waals surface area (Å²) in [7, 11) is 2.98. The highest BCUT2D eigenvalue weighted by Gasteiger charge is 2.17. The Hall–Kier alpha value is -2.90. The highest BCUT2D eigenvalue weighted by molar-refractivity contribution is 5.23. The van der Waals surface area contributed by atoms with Gasteiger partial charge in [0.05, 0.1) is 26.6 Å². The van der Waals surface area contributed by atoms with Crippen molar-refractivity contribution in [1.29, 1.82) is 0 Å². The van der Waals surface area contributed by atoms with E-state index < -0.39 is 0 Å². The molecule has 0 unspecified atom stereocenters. The lowest BCUT2D eigenvalue weighted by molar-refractivity contribution is -0.920. The summed E-state index contributed by atoms with van der Waals surface area (Å²) in [6.07, 6.45) is 2.67. The normalized spacial score (nSPS) is 9.70. The molecule has 0 amide bonds. The van der Waals surface area contributed by atoms with E-state index in [9.17, 15) is 4.91 Å². The molecule has 0 aliphatic rings. The molecule has 0 saturated heterocycles. The summed E-state index contributed by atoms with van der Waals surface area (Å²) in [5, 5.41) is -0.0486. The van der Waals surface area contributed by atoms with E-state index in [0.29, 0.717) is 11.8 Å². The van der Waals surface area contributed by atoms with Gasteiger partial charge in [-0.2, -0.15) is 0 Å². The maximum absolute atomic E-state index is 11.4. The Balaban J connectivity index is 1.93. The minimum Gasteiger partial charge on any atom is -0.481 e. The average Bonchev–Trinajstić information content (AvgIpc) is 2.49. The first-order chi connectivity index (χ1) is 9.71. The Morgan fingerprint density at radius 1 is 0.850 bits per heavy atom. The van der Waals surface area contributed by atoms with Gasteiger partial charge < -0.3 is 9.47 Å². The first-order valence-electron chi connectivity index (χ1n) is 5.54. The highest BCUT2D eigenvalue weighted by Crippen LogP contribution is 2.16. The predicted octanol–water partition coefficient (Wildman–Crippen LogP) is 1.56. The van der Waals surface area contributed by atoms with E-state index in [1.807, 2.05) is 0 Å². The Bertz CT molecular complexity index is 519. The molecule has 0 bridgehead atoms. The first-order valence-corrected chi connectivity index (χ1v) is 5.54. The topological polar surface area (TPSA) is 82.8 Å². The standard InChI is InChI=1S/C12H12N3O5/c1-17-11-5-3-9(7-13-11)19-15(16)20-10-4-6-12(18-2)14-8-10/h3-8H,1-2H3/q+1. The van der Waals surface area contributed by atoms with Crippen LogP contribution in [0.3, 0.4) is 0 Å². The fourth-order valence-electron chi connectivity index (χ4n) is 1.27. The zero-order valence-corrected chi connectivity index (χ0v) is 10.8. The van der Waals surface area contributed by atoms with Crippen LogP contribution in [0.4, 0.5) is 0 Å². The van der Waals surface area contributed by atoms with Crippen LogP contribution >= 0.6 is 0 Å². The third-order valence-corrected chi connectivity index (χ3v) is 2.20. The molecular formula is C12H12N3O5+. The van der Waals surface area contributed by atoms with Crippen molar-refractivity contribution in [1.82, 2.24) is 9.97 Å². The molecule has 8 nitrogen and oxygen atoms in total. The molecule has 8 heteroatoms. The van der Waals surface area contributed by atoms with E-state index in [2.05, 4.69) is 9.97 Å². The number of hydrogen-bond acceptors (Lipinski definition) is 7. The van der Waals surface area contributed by atoms with Crippen LogP contribution in [-0.4, -0.2) is 29.3 Å². The Kier molecular flexibility index (Phi) is 4.28. The lowest BCUT2D eigenvalue weighted by atomic mass is 10.4. The molecule has 0 atom stereocenters. The van der Waals surface area contributed by atoms with Crippen molar-refractivity contribution in [2.24, 2.45) is 0 Å². The molecule has 0 radical (unpaired) electrons. The zero-order chi connectivity index (χ0) is 14.4. The summed E-state index contributed by atoms with van der Waals surface area (Å²) in [5.74, 6) is 1.25. The van der Waals surface area contributed by atoms with Gasteiger partial charge in [-0.15, -0.1) is 9.68 Å². The van der Waals surface area contributed by atoms with Crippen LogP contribution in [0.15, 0.2) is 36.7 Å². The first kappa shape index (κ1) is 13.5. The predicted molar refractivity (Wildman–Crippen MR) is 66.5 cm³/mol. The Labute approximate surface area is 114 Å². The van der Waals surface area contributed by atoms with Gasteiger partial charge in [0.1, 0.15) is 4.91 Å². The smallest absolute Gasteiger partial charge is 0.481 e. The molecule has 2 aromatic heterocycles. The zero-order valence-electron chi connectivity index (χ0n) is 10.8. The number of hydrogen-bond donors (Lipinski definition) is 0. The fourth-order valence-corrected chi connectivity index (χ4v) is 1.27. The summed E-state index contributed by atoms with van der Waals surface area (Å²) in [6, 6.07) is 6.15. The summed E-state index contributed by atoms with van der Waals surface area (Å²) in [4.78, 5) is 28.9. The van der Waals surface area contributed by atoms with Crippen LogP contribution in [0.2, 0.25) is 0 Å². The molecule has 0 fully saturated rings. The van der Waals surface area contributed by atoms with Crippen LogP contribution in [-0.2, 0) is 0 Å². The molecule has 2 rings (SSSR count). The average molecular weight is 278 g/mol. The van der Waals surface area contributed by atoms with Gasteiger partial charge in [0.25, 0.3) is 0 Å². The van der Waals surface area contributed by atoms with E-state index in [-0.39, 0.29) is 16.6 Å². The molecule has 104 valence electrons. The quantitative estimate of drug-likeness (QED) is 0.741. The molecule has 0 saturated carbocycles. The van der Waals surface area contributed by atoms with E-state index in [4.69, 9.17) is 19.1 Å². The summed E-state index contributed by atoms with van der Waals surface area (Å²) < 4.78 is 9.76. The van der Waals surface area contributed by atoms with Crippen molar-refractivity contribution in [3.63, 3.8) is 0 Å². The fraction of sp³-hybridized carbons (Fsp3) is 0.167. The number of pyridine rings is 2. The van der Waals surface area contributed by atoms with Crippen LogP contribution in [0.25, 0.3) is 0 Å². The molecule has 2 heterocycles. The van der Waals surface area contributed by atoms with Crippen molar-refractivity contribution in [3.05, 3.63) is 41.6 Å². The van der Waals surface area contributed by atoms with Crippen molar-refractivity contribution < 1.29 is 24.2 Å². The summed E-state index contributed by atoms with van der Waals surface area (Å²) >= 11 is 0. The third kappa shape index (κ3) is 3.55. The van der Waals surface area contributed by atoms with Crippen LogP contribution in [0, 0.1) is 4.91 Å². The number of nitrogens with zero attached hydrogens (tertiary/aromatic N) is 3. The maximum Gasteiger partial charge on any atom is 0.489 e. The van der Waals surface area contributed by atoms with Crippen molar-refractivity contribution in [3.8, 4) is 23.3 Å². The van der Waals surface area contributed by atoms with Gasteiger partial charge in [-0.3, -0.25) is 0 Å². The number of methoxy groups -OCH3 is 2. The molecule has 0 aliphatic heterocycles. The number of aromatic nitrogens is 2. The minimum absolute atomic E-state index is 0.0486. The lowest BCUT2D eigenvalue weighted by Crippen LogP contribution is -2.17. The molecule has 0 aliphatic carbocycles. The number of rotatable bonds is 6. The van der Waals surface area contributed by atoms with Crippen LogP contribution in [0.5, 0.6) is 23.3 Å².